The van der Waals surface area contributed by atoms with Gasteiger partial charge in [0, 0.05) is 24.7 Å². The molecule has 0 bridgehead atoms. The van der Waals surface area contributed by atoms with Crippen molar-refractivity contribution in [2.45, 2.75) is 18.6 Å². The molecule has 1 aliphatic rings. The SMILES string of the molecule is O=C(c1ccccc1F)N1CCC(CNS(=O)(=O)Cc2ccccc2Cl)CC1. The van der Waals surface area contributed by atoms with Crippen LogP contribution in [0.15, 0.2) is 48.5 Å². The van der Waals surface area contributed by atoms with Gasteiger partial charge in [-0.1, -0.05) is 41.9 Å². The molecule has 1 N–H and O–H groups in total. The van der Waals surface area contributed by atoms with Gasteiger partial charge in [-0.15, -0.1) is 0 Å². The zero-order valence-corrected chi connectivity index (χ0v) is 16.8. The van der Waals surface area contributed by atoms with E-state index in [-0.39, 0.29) is 23.1 Å². The highest BCUT2D eigenvalue weighted by molar-refractivity contribution is 7.88. The summed E-state index contributed by atoms with van der Waals surface area (Å²) in [6.45, 7) is 1.27. The number of nitrogens with zero attached hydrogens (tertiary/aromatic N) is 1. The second-order valence-corrected chi connectivity index (χ2v) is 9.13. The Kier molecular flexibility index (Phi) is 6.69. The van der Waals surface area contributed by atoms with Crippen molar-refractivity contribution in [3.63, 3.8) is 0 Å². The number of sulfonamides is 1. The summed E-state index contributed by atoms with van der Waals surface area (Å²) in [6.07, 6.45) is 1.32. The first-order valence-electron chi connectivity index (χ1n) is 9.10. The molecule has 2 aromatic carbocycles. The lowest BCUT2D eigenvalue weighted by molar-refractivity contribution is 0.0687. The lowest BCUT2D eigenvalue weighted by atomic mass is 9.96. The van der Waals surface area contributed by atoms with Crippen LogP contribution in [0.2, 0.25) is 5.02 Å². The maximum atomic E-state index is 13.8. The summed E-state index contributed by atoms with van der Waals surface area (Å²) in [7, 11) is -3.50. The summed E-state index contributed by atoms with van der Waals surface area (Å²) in [4.78, 5) is 14.1. The second-order valence-electron chi connectivity index (χ2n) is 6.91. The zero-order valence-electron chi connectivity index (χ0n) is 15.3. The molecular formula is C20H22ClFN2O3S. The molecule has 1 amide bonds. The molecule has 1 heterocycles. The number of nitrogens with one attached hydrogen (secondary N) is 1. The van der Waals surface area contributed by atoms with E-state index in [4.69, 9.17) is 11.6 Å². The van der Waals surface area contributed by atoms with Gasteiger partial charge < -0.3 is 4.90 Å². The summed E-state index contributed by atoms with van der Waals surface area (Å²) in [5, 5.41) is 0.424. The molecule has 0 spiro atoms. The van der Waals surface area contributed by atoms with Crippen LogP contribution >= 0.6 is 11.6 Å². The van der Waals surface area contributed by atoms with E-state index in [9.17, 15) is 17.6 Å². The lowest BCUT2D eigenvalue weighted by Crippen LogP contribution is -2.42. The molecule has 8 heteroatoms. The van der Waals surface area contributed by atoms with Gasteiger partial charge >= 0.3 is 0 Å². The van der Waals surface area contributed by atoms with Gasteiger partial charge in [0.15, 0.2) is 0 Å². The summed E-state index contributed by atoms with van der Waals surface area (Å²) in [5.41, 5.74) is 0.628. The molecule has 2 aromatic rings. The maximum absolute atomic E-state index is 13.8. The molecule has 150 valence electrons. The van der Waals surface area contributed by atoms with Crippen molar-refractivity contribution >= 4 is 27.5 Å². The number of likely N-dealkylation sites (tertiary alicyclic amines) is 1. The average Bonchev–Trinajstić information content (AvgIpc) is 2.68. The molecule has 1 fully saturated rings. The van der Waals surface area contributed by atoms with Gasteiger partial charge in [0.25, 0.3) is 5.91 Å². The number of benzene rings is 2. The van der Waals surface area contributed by atoms with Crippen molar-refractivity contribution in [2.24, 2.45) is 5.92 Å². The van der Waals surface area contributed by atoms with E-state index >= 15 is 0 Å². The first kappa shape index (κ1) is 20.8. The molecule has 1 saturated heterocycles. The molecule has 0 saturated carbocycles. The van der Waals surface area contributed by atoms with Crippen molar-refractivity contribution in [1.29, 1.82) is 0 Å². The minimum atomic E-state index is -3.50. The van der Waals surface area contributed by atoms with Crippen LogP contribution in [0, 0.1) is 11.7 Å². The van der Waals surface area contributed by atoms with Crippen LogP contribution in [0.5, 0.6) is 0 Å². The minimum absolute atomic E-state index is 0.0707. The third-order valence-corrected chi connectivity index (χ3v) is 6.57. The smallest absolute Gasteiger partial charge is 0.256 e. The van der Waals surface area contributed by atoms with Gasteiger partial charge in [0.1, 0.15) is 5.82 Å². The van der Waals surface area contributed by atoms with Gasteiger partial charge in [-0.3, -0.25) is 4.79 Å². The van der Waals surface area contributed by atoms with E-state index in [1.165, 1.54) is 12.1 Å². The van der Waals surface area contributed by atoms with E-state index < -0.39 is 15.8 Å². The topological polar surface area (TPSA) is 66.5 Å². The Hall–Kier alpha value is -1.96. The standard InChI is InChI=1S/C20H22ClFN2O3S/c21-18-7-3-1-5-16(18)14-28(26,27)23-13-15-9-11-24(12-10-15)20(25)17-6-2-4-8-19(17)22/h1-8,15,23H,9-14H2. The van der Waals surface area contributed by atoms with E-state index in [2.05, 4.69) is 4.72 Å². The van der Waals surface area contributed by atoms with Crippen molar-refractivity contribution in [3.8, 4) is 0 Å². The van der Waals surface area contributed by atoms with Crippen LogP contribution in [0.3, 0.4) is 0 Å². The molecule has 0 radical (unpaired) electrons. The fourth-order valence-electron chi connectivity index (χ4n) is 3.26. The first-order chi connectivity index (χ1) is 13.4. The average molecular weight is 425 g/mol. The van der Waals surface area contributed by atoms with Crippen LogP contribution in [0.4, 0.5) is 4.39 Å². The number of rotatable bonds is 6. The van der Waals surface area contributed by atoms with Crippen molar-refractivity contribution < 1.29 is 17.6 Å². The quantitative estimate of drug-likeness (QED) is 0.772. The third kappa shape index (κ3) is 5.31. The van der Waals surface area contributed by atoms with Crippen LogP contribution < -0.4 is 4.72 Å². The molecule has 5 nitrogen and oxygen atoms in total. The van der Waals surface area contributed by atoms with Crippen LogP contribution in [0.1, 0.15) is 28.8 Å². The van der Waals surface area contributed by atoms with Crippen molar-refractivity contribution in [3.05, 3.63) is 70.5 Å². The maximum Gasteiger partial charge on any atom is 0.256 e. The van der Waals surface area contributed by atoms with E-state index in [1.54, 1.807) is 41.3 Å². The lowest BCUT2D eigenvalue weighted by Gasteiger charge is -2.32. The van der Waals surface area contributed by atoms with E-state index in [0.717, 1.165) is 0 Å². The fourth-order valence-corrected chi connectivity index (χ4v) is 4.80. The molecule has 3 rings (SSSR count). The van der Waals surface area contributed by atoms with Crippen molar-refractivity contribution in [1.82, 2.24) is 9.62 Å². The summed E-state index contributed by atoms with van der Waals surface area (Å²) >= 11 is 6.03. The Labute approximate surface area is 169 Å². The Morgan fingerprint density at radius 3 is 2.43 bits per heavy atom. The Balaban J connectivity index is 1.50. The summed E-state index contributed by atoms with van der Waals surface area (Å²) in [5.74, 6) is -0.888. The first-order valence-corrected chi connectivity index (χ1v) is 11.1. The predicted molar refractivity (Wildman–Crippen MR) is 107 cm³/mol. The second kappa shape index (κ2) is 9.03. The van der Waals surface area contributed by atoms with Gasteiger partial charge in [0.2, 0.25) is 10.0 Å². The van der Waals surface area contributed by atoms with Crippen LogP contribution in [-0.4, -0.2) is 38.9 Å². The summed E-state index contributed by atoms with van der Waals surface area (Å²) < 4.78 is 41.1. The molecule has 28 heavy (non-hydrogen) atoms. The molecule has 0 atom stereocenters. The number of carbonyl (C=O) groups excluding carboxylic acids is 1. The van der Waals surface area contributed by atoms with Gasteiger partial charge in [-0.05, 0) is 42.5 Å². The fraction of sp³-hybridized carbons (Fsp3) is 0.350. The van der Waals surface area contributed by atoms with Gasteiger partial charge in [-0.2, -0.15) is 0 Å². The number of hydrogen-bond donors (Lipinski definition) is 1. The number of hydrogen-bond acceptors (Lipinski definition) is 3. The van der Waals surface area contributed by atoms with E-state index in [1.807, 2.05) is 0 Å². The molecular weight excluding hydrogens is 403 g/mol. The Bertz CT molecular complexity index is 944. The molecule has 1 aliphatic heterocycles. The van der Waals surface area contributed by atoms with Gasteiger partial charge in [-0.25, -0.2) is 17.5 Å². The Morgan fingerprint density at radius 1 is 1.11 bits per heavy atom. The Morgan fingerprint density at radius 2 is 1.75 bits per heavy atom. The van der Waals surface area contributed by atoms with Crippen molar-refractivity contribution in [2.75, 3.05) is 19.6 Å². The number of amides is 1. The van der Waals surface area contributed by atoms with E-state index in [0.29, 0.717) is 43.1 Å². The molecule has 0 aliphatic carbocycles. The predicted octanol–water partition coefficient (Wildman–Crippen LogP) is 3.45. The number of piperidine rings is 1. The third-order valence-electron chi connectivity index (χ3n) is 4.90. The largest absolute Gasteiger partial charge is 0.339 e. The molecule has 0 aromatic heterocycles. The molecule has 0 unspecified atom stereocenters. The number of halogens is 2. The summed E-state index contributed by atoms with van der Waals surface area (Å²) in [6, 6.07) is 12.8. The van der Waals surface area contributed by atoms with Gasteiger partial charge in [0.05, 0.1) is 11.3 Å². The highest BCUT2D eigenvalue weighted by atomic mass is 35.5. The zero-order chi connectivity index (χ0) is 20.1. The normalized spacial score (nSPS) is 15.6. The van der Waals surface area contributed by atoms with Crippen LogP contribution in [-0.2, 0) is 15.8 Å². The number of carbonyl (C=O) groups is 1. The highest BCUT2D eigenvalue weighted by Crippen LogP contribution is 2.21. The van der Waals surface area contributed by atoms with Crippen LogP contribution in [0.25, 0.3) is 0 Å². The monoisotopic (exact) mass is 424 g/mol. The highest BCUT2D eigenvalue weighted by Gasteiger charge is 2.26. The minimum Gasteiger partial charge on any atom is -0.339 e.